The first-order valence-electron chi connectivity index (χ1n) is 7.19. The van der Waals surface area contributed by atoms with Gasteiger partial charge in [0.25, 0.3) is 0 Å². The van der Waals surface area contributed by atoms with Crippen molar-refractivity contribution >= 4 is 5.91 Å². The van der Waals surface area contributed by atoms with E-state index in [0.29, 0.717) is 43.3 Å². The molecule has 1 saturated carbocycles. The van der Waals surface area contributed by atoms with Crippen LogP contribution < -0.4 is 0 Å². The molecule has 6 heteroatoms. The monoisotopic (exact) mass is 279 g/mol. The van der Waals surface area contributed by atoms with E-state index < -0.39 is 0 Å². The fourth-order valence-electron chi connectivity index (χ4n) is 3.38. The minimum atomic E-state index is -0.260. The Morgan fingerprint density at radius 3 is 2.95 bits per heavy atom. The van der Waals surface area contributed by atoms with Gasteiger partial charge in [0.1, 0.15) is 6.10 Å². The summed E-state index contributed by atoms with van der Waals surface area (Å²) < 4.78 is 10.3. The van der Waals surface area contributed by atoms with E-state index in [2.05, 4.69) is 24.0 Å². The van der Waals surface area contributed by atoms with Crippen LogP contribution in [0.5, 0.6) is 0 Å². The van der Waals surface area contributed by atoms with Crippen LogP contribution in [0.2, 0.25) is 0 Å². The molecule has 0 aromatic carbocycles. The van der Waals surface area contributed by atoms with Crippen molar-refractivity contribution in [2.24, 2.45) is 11.3 Å². The van der Waals surface area contributed by atoms with Gasteiger partial charge in [0, 0.05) is 13.0 Å². The van der Waals surface area contributed by atoms with Crippen LogP contribution in [0.25, 0.3) is 0 Å². The fourth-order valence-corrected chi connectivity index (χ4v) is 3.38. The molecular weight excluding hydrogens is 258 g/mol. The van der Waals surface area contributed by atoms with Gasteiger partial charge in [0.2, 0.25) is 18.1 Å². The van der Waals surface area contributed by atoms with Gasteiger partial charge in [-0.3, -0.25) is 4.79 Å². The maximum atomic E-state index is 12.3. The lowest BCUT2D eigenvalue weighted by Crippen LogP contribution is -2.44. The van der Waals surface area contributed by atoms with Crippen LogP contribution in [-0.2, 0) is 9.53 Å². The van der Waals surface area contributed by atoms with E-state index in [0.717, 1.165) is 12.8 Å². The lowest BCUT2D eigenvalue weighted by molar-refractivity contribution is -0.142. The number of carbonyl (C=O) groups is 1. The van der Waals surface area contributed by atoms with Gasteiger partial charge >= 0.3 is 0 Å². The van der Waals surface area contributed by atoms with Crippen LogP contribution in [0.1, 0.15) is 45.0 Å². The Kier molecular flexibility index (Phi) is 3.50. The van der Waals surface area contributed by atoms with E-state index in [1.165, 1.54) is 6.39 Å². The van der Waals surface area contributed by atoms with E-state index in [9.17, 15) is 4.79 Å². The number of carbonyl (C=O) groups excluding carboxylic acids is 1. The summed E-state index contributed by atoms with van der Waals surface area (Å²) in [6, 6.07) is 0. The minimum Gasteiger partial charge on any atom is -0.366 e. The molecular formula is C14H21N3O3. The van der Waals surface area contributed by atoms with E-state index in [1.807, 2.05) is 4.90 Å². The summed E-state index contributed by atoms with van der Waals surface area (Å²) in [5, 5.41) is 3.79. The number of amides is 1. The SMILES string of the molecule is CC1(C)CC(CC(=O)N2CCOC(c3ncon3)C2)C1. The normalized spacial score (nSPS) is 26.3. The average molecular weight is 279 g/mol. The molecule has 2 heterocycles. The zero-order valence-electron chi connectivity index (χ0n) is 12.0. The van der Waals surface area contributed by atoms with E-state index in [1.54, 1.807) is 0 Å². The highest BCUT2D eigenvalue weighted by atomic mass is 16.5. The van der Waals surface area contributed by atoms with Crippen LogP contribution in [0.15, 0.2) is 10.9 Å². The molecule has 110 valence electrons. The highest BCUT2D eigenvalue weighted by molar-refractivity contribution is 5.76. The van der Waals surface area contributed by atoms with Gasteiger partial charge in [-0.2, -0.15) is 4.98 Å². The van der Waals surface area contributed by atoms with Gasteiger partial charge in [0.05, 0.1) is 13.2 Å². The molecule has 1 aliphatic heterocycles. The predicted molar refractivity (Wildman–Crippen MR) is 70.7 cm³/mol. The highest BCUT2D eigenvalue weighted by Crippen LogP contribution is 2.46. The van der Waals surface area contributed by atoms with Crippen molar-refractivity contribution in [3.05, 3.63) is 12.2 Å². The second-order valence-corrected chi connectivity index (χ2v) is 6.63. The number of morpholine rings is 1. The molecule has 0 bridgehead atoms. The van der Waals surface area contributed by atoms with E-state index in [-0.39, 0.29) is 12.0 Å². The standard InChI is InChI=1S/C14H21N3O3/c1-14(2)6-10(7-14)5-12(18)17-3-4-19-11(8-17)13-15-9-20-16-13/h9-11H,3-8H2,1-2H3. The van der Waals surface area contributed by atoms with Crippen molar-refractivity contribution in [1.82, 2.24) is 15.0 Å². The van der Waals surface area contributed by atoms with E-state index in [4.69, 9.17) is 9.26 Å². The molecule has 3 rings (SSSR count). The Balaban J connectivity index is 1.53. The third-order valence-electron chi connectivity index (χ3n) is 4.23. The summed E-state index contributed by atoms with van der Waals surface area (Å²) in [5.41, 5.74) is 0.420. The zero-order valence-corrected chi connectivity index (χ0v) is 12.0. The molecule has 20 heavy (non-hydrogen) atoms. The topological polar surface area (TPSA) is 68.5 Å². The molecule has 1 aliphatic carbocycles. The molecule has 1 amide bonds. The lowest BCUT2D eigenvalue weighted by atomic mass is 9.63. The number of hydrogen-bond donors (Lipinski definition) is 0. The fraction of sp³-hybridized carbons (Fsp3) is 0.786. The van der Waals surface area contributed by atoms with Gasteiger partial charge in [-0.25, -0.2) is 0 Å². The van der Waals surface area contributed by atoms with Crippen molar-refractivity contribution in [1.29, 1.82) is 0 Å². The number of hydrogen-bond acceptors (Lipinski definition) is 5. The van der Waals surface area contributed by atoms with Gasteiger partial charge in [-0.05, 0) is 24.2 Å². The summed E-state index contributed by atoms with van der Waals surface area (Å²) in [5.74, 6) is 1.29. The van der Waals surface area contributed by atoms with Gasteiger partial charge in [0.15, 0.2) is 0 Å². The summed E-state index contributed by atoms with van der Waals surface area (Å²) in [6.07, 6.45) is 3.98. The molecule has 2 fully saturated rings. The Morgan fingerprint density at radius 1 is 1.50 bits per heavy atom. The highest BCUT2D eigenvalue weighted by Gasteiger charge is 2.38. The van der Waals surface area contributed by atoms with Crippen molar-refractivity contribution in [2.75, 3.05) is 19.7 Å². The zero-order chi connectivity index (χ0) is 14.2. The largest absolute Gasteiger partial charge is 0.366 e. The van der Waals surface area contributed by atoms with Crippen LogP contribution in [0.4, 0.5) is 0 Å². The molecule has 0 radical (unpaired) electrons. The molecule has 0 spiro atoms. The van der Waals surface area contributed by atoms with Crippen LogP contribution in [0, 0.1) is 11.3 Å². The maximum Gasteiger partial charge on any atom is 0.223 e. The van der Waals surface area contributed by atoms with Crippen LogP contribution >= 0.6 is 0 Å². The molecule has 6 nitrogen and oxygen atoms in total. The Bertz CT molecular complexity index is 464. The van der Waals surface area contributed by atoms with Crippen molar-refractivity contribution in [3.63, 3.8) is 0 Å². The number of nitrogens with zero attached hydrogens (tertiary/aromatic N) is 3. The van der Waals surface area contributed by atoms with Crippen molar-refractivity contribution in [2.45, 2.75) is 39.2 Å². The Morgan fingerprint density at radius 2 is 2.30 bits per heavy atom. The Labute approximate surface area is 118 Å². The minimum absolute atomic E-state index is 0.224. The molecule has 2 aliphatic rings. The van der Waals surface area contributed by atoms with Crippen LogP contribution in [0.3, 0.4) is 0 Å². The molecule has 1 saturated heterocycles. The second kappa shape index (κ2) is 5.16. The molecule has 1 unspecified atom stereocenters. The third-order valence-corrected chi connectivity index (χ3v) is 4.23. The van der Waals surface area contributed by atoms with Gasteiger partial charge < -0.3 is 14.2 Å². The average Bonchev–Trinajstić information content (AvgIpc) is 2.90. The smallest absolute Gasteiger partial charge is 0.223 e. The summed E-state index contributed by atoms with van der Waals surface area (Å²) in [6.45, 7) is 6.23. The van der Waals surface area contributed by atoms with Crippen molar-refractivity contribution in [3.8, 4) is 0 Å². The quantitative estimate of drug-likeness (QED) is 0.844. The summed E-state index contributed by atoms with van der Waals surface area (Å²) in [4.78, 5) is 18.2. The van der Waals surface area contributed by atoms with Crippen LogP contribution in [-0.4, -0.2) is 40.6 Å². The third kappa shape index (κ3) is 2.85. The van der Waals surface area contributed by atoms with E-state index >= 15 is 0 Å². The number of aromatic nitrogens is 2. The van der Waals surface area contributed by atoms with Crippen molar-refractivity contribution < 1.29 is 14.1 Å². The summed E-state index contributed by atoms with van der Waals surface area (Å²) >= 11 is 0. The molecule has 1 aromatic rings. The molecule has 1 aromatic heterocycles. The first-order valence-corrected chi connectivity index (χ1v) is 7.19. The summed E-state index contributed by atoms with van der Waals surface area (Å²) in [7, 11) is 0. The predicted octanol–water partition coefficient (Wildman–Crippen LogP) is 1.80. The second-order valence-electron chi connectivity index (χ2n) is 6.63. The number of rotatable bonds is 3. The Hall–Kier alpha value is -1.43. The molecule has 0 N–H and O–H groups in total. The van der Waals surface area contributed by atoms with Gasteiger partial charge in [-0.1, -0.05) is 19.0 Å². The first-order chi connectivity index (χ1) is 9.53. The first kappa shape index (κ1) is 13.5. The lowest BCUT2D eigenvalue weighted by Gasteiger charge is -2.43. The molecule has 1 atom stereocenters. The number of ether oxygens (including phenoxy) is 1. The van der Waals surface area contributed by atoms with Gasteiger partial charge in [-0.15, -0.1) is 0 Å². The maximum absolute atomic E-state index is 12.3.